The van der Waals surface area contributed by atoms with Gasteiger partial charge in [0.1, 0.15) is 11.5 Å². The molecule has 0 saturated carbocycles. The summed E-state index contributed by atoms with van der Waals surface area (Å²) in [4.78, 5) is 30.7. The summed E-state index contributed by atoms with van der Waals surface area (Å²) in [5, 5.41) is 38.4. The van der Waals surface area contributed by atoms with E-state index < -0.39 is 24.0 Å². The number of aromatic hydroxyl groups is 2. The van der Waals surface area contributed by atoms with Gasteiger partial charge in [0.05, 0.1) is 0 Å². The van der Waals surface area contributed by atoms with Gasteiger partial charge < -0.3 is 20.4 Å². The first-order valence-corrected chi connectivity index (χ1v) is 9.26. The van der Waals surface area contributed by atoms with Gasteiger partial charge in [0, 0.05) is 32.5 Å². The molecule has 0 spiro atoms. The third kappa shape index (κ3) is 5.64. The van der Waals surface area contributed by atoms with E-state index in [4.69, 9.17) is 0 Å². The van der Waals surface area contributed by atoms with Crippen molar-refractivity contribution < 1.29 is 30.0 Å². The lowest BCUT2D eigenvalue weighted by Gasteiger charge is -2.13. The average Bonchev–Trinajstić information content (AvgIpc) is 2.62. The number of rotatable bonds is 7. The largest absolute Gasteiger partial charge is 0.507 e. The van der Waals surface area contributed by atoms with Crippen molar-refractivity contribution in [3.63, 3.8) is 0 Å². The van der Waals surface area contributed by atoms with Gasteiger partial charge in [-0.3, -0.25) is 9.98 Å². The highest BCUT2D eigenvalue weighted by molar-refractivity contribution is 9.10. The fourth-order valence-electron chi connectivity index (χ4n) is 2.14. The first kappa shape index (κ1) is 21.6. The number of carboxylic acid groups (broad SMARTS) is 2. The molecule has 2 aromatic rings. The second-order valence-electron chi connectivity index (χ2n) is 5.53. The molecule has 0 aliphatic carbocycles. The van der Waals surface area contributed by atoms with E-state index >= 15 is 0 Å². The maximum Gasteiger partial charge on any atom is 0.331 e. The standard InChI is InChI=1S/C18H14Br2N2O6/c19-11-1-3-13(23)9(5-11)7-21-15(17(25)26)16(18(27)28)22-8-10-6-12(20)2-4-14(10)24/h1-8,15-16,23-24H,(H,25,26)(H,27,28)/t15-,16-/m0/s1. The highest BCUT2D eigenvalue weighted by Gasteiger charge is 2.32. The maximum absolute atomic E-state index is 11.6. The third-order valence-electron chi connectivity index (χ3n) is 3.53. The predicted molar refractivity (Wildman–Crippen MR) is 110 cm³/mol. The predicted octanol–water partition coefficient (Wildman–Crippen LogP) is 3.07. The zero-order chi connectivity index (χ0) is 20.8. The molecule has 4 N–H and O–H groups in total. The molecule has 2 aromatic carbocycles. The van der Waals surface area contributed by atoms with E-state index in [-0.39, 0.29) is 22.6 Å². The van der Waals surface area contributed by atoms with Crippen molar-refractivity contribution in [2.45, 2.75) is 12.1 Å². The molecule has 0 aliphatic rings. The van der Waals surface area contributed by atoms with E-state index in [1.54, 1.807) is 12.1 Å². The molecule has 2 rings (SSSR count). The van der Waals surface area contributed by atoms with Crippen LogP contribution in [0.5, 0.6) is 11.5 Å². The number of aliphatic imine (C=N–C) groups is 2. The number of halogens is 2. The van der Waals surface area contributed by atoms with Crippen molar-refractivity contribution in [1.29, 1.82) is 0 Å². The Morgan fingerprint density at radius 2 is 1.14 bits per heavy atom. The van der Waals surface area contributed by atoms with Gasteiger partial charge in [0.15, 0.2) is 12.1 Å². The van der Waals surface area contributed by atoms with Crippen LogP contribution in [0.25, 0.3) is 0 Å². The Bertz CT molecular complexity index is 884. The van der Waals surface area contributed by atoms with Crippen molar-refractivity contribution in [3.05, 3.63) is 56.5 Å². The molecule has 10 heteroatoms. The average molecular weight is 514 g/mol. The molecule has 8 nitrogen and oxygen atoms in total. The Hall–Kier alpha value is -2.72. The van der Waals surface area contributed by atoms with Crippen molar-refractivity contribution in [2.75, 3.05) is 0 Å². The van der Waals surface area contributed by atoms with Crippen LogP contribution in [-0.2, 0) is 9.59 Å². The highest BCUT2D eigenvalue weighted by atomic mass is 79.9. The van der Waals surface area contributed by atoms with Crippen LogP contribution >= 0.6 is 31.9 Å². The van der Waals surface area contributed by atoms with Gasteiger partial charge in [0.25, 0.3) is 0 Å². The van der Waals surface area contributed by atoms with Crippen LogP contribution in [0.15, 0.2) is 55.3 Å². The van der Waals surface area contributed by atoms with Crippen LogP contribution < -0.4 is 0 Å². The monoisotopic (exact) mass is 512 g/mol. The van der Waals surface area contributed by atoms with E-state index in [2.05, 4.69) is 41.8 Å². The minimum atomic E-state index is -1.75. The lowest BCUT2D eigenvalue weighted by molar-refractivity contribution is -0.146. The lowest BCUT2D eigenvalue weighted by atomic mass is 10.1. The Kier molecular flexibility index (Phi) is 7.30. The molecule has 0 radical (unpaired) electrons. The number of aliphatic carboxylic acids is 2. The molecule has 0 bridgehead atoms. The van der Waals surface area contributed by atoms with Gasteiger partial charge in [-0.05, 0) is 36.4 Å². The molecule has 0 aliphatic heterocycles. The van der Waals surface area contributed by atoms with Crippen LogP contribution in [0.1, 0.15) is 11.1 Å². The van der Waals surface area contributed by atoms with Gasteiger partial charge in [-0.25, -0.2) is 9.59 Å². The molecule has 0 heterocycles. The number of carboxylic acids is 2. The lowest BCUT2D eigenvalue weighted by Crippen LogP contribution is -2.37. The summed E-state index contributed by atoms with van der Waals surface area (Å²) < 4.78 is 1.24. The molecule has 0 saturated heterocycles. The third-order valence-corrected chi connectivity index (χ3v) is 4.52. The SMILES string of the molecule is O=C(O)[C@@H](N=Cc1cc(Br)ccc1O)[C@H](N=Cc1cc(Br)ccc1O)C(=O)O. The molecule has 0 fully saturated rings. The smallest absolute Gasteiger partial charge is 0.331 e. The van der Waals surface area contributed by atoms with Crippen molar-refractivity contribution in [3.8, 4) is 11.5 Å². The Morgan fingerprint density at radius 1 is 0.786 bits per heavy atom. The van der Waals surface area contributed by atoms with Crippen molar-refractivity contribution in [1.82, 2.24) is 0 Å². The molecular weight excluding hydrogens is 500 g/mol. The number of phenols is 2. The summed E-state index contributed by atoms with van der Waals surface area (Å²) in [6.45, 7) is 0. The molecule has 0 unspecified atom stereocenters. The number of hydrogen-bond acceptors (Lipinski definition) is 6. The van der Waals surface area contributed by atoms with Gasteiger partial charge >= 0.3 is 11.9 Å². The van der Waals surface area contributed by atoms with Gasteiger partial charge in [-0.1, -0.05) is 31.9 Å². The van der Waals surface area contributed by atoms with E-state index in [0.717, 1.165) is 12.4 Å². The van der Waals surface area contributed by atoms with Crippen LogP contribution in [-0.4, -0.2) is 56.9 Å². The molecular formula is C18H14Br2N2O6. The summed E-state index contributed by atoms with van der Waals surface area (Å²) in [5.74, 6) is -3.31. The summed E-state index contributed by atoms with van der Waals surface area (Å²) in [6, 6.07) is 5.41. The molecule has 2 atom stereocenters. The number of nitrogens with zero attached hydrogens (tertiary/aromatic N) is 2. The van der Waals surface area contributed by atoms with Gasteiger partial charge in [-0.2, -0.15) is 0 Å². The Labute approximate surface area is 176 Å². The van der Waals surface area contributed by atoms with Crippen molar-refractivity contribution in [2.24, 2.45) is 9.98 Å². The van der Waals surface area contributed by atoms with E-state index in [0.29, 0.717) is 8.95 Å². The molecule has 28 heavy (non-hydrogen) atoms. The zero-order valence-corrected chi connectivity index (χ0v) is 17.2. The van der Waals surface area contributed by atoms with Gasteiger partial charge in [-0.15, -0.1) is 0 Å². The fourth-order valence-corrected chi connectivity index (χ4v) is 2.90. The quantitative estimate of drug-likeness (QED) is 0.419. The number of benzene rings is 2. The topological polar surface area (TPSA) is 140 Å². The number of carbonyl (C=O) groups is 2. The summed E-state index contributed by atoms with van der Waals surface area (Å²) >= 11 is 6.43. The fraction of sp³-hybridized carbons (Fsp3) is 0.111. The van der Waals surface area contributed by atoms with Gasteiger partial charge in [0.2, 0.25) is 0 Å². The summed E-state index contributed by atoms with van der Waals surface area (Å²) in [7, 11) is 0. The second-order valence-corrected chi connectivity index (χ2v) is 7.36. The van der Waals surface area contributed by atoms with Crippen LogP contribution in [0.3, 0.4) is 0 Å². The number of hydrogen-bond donors (Lipinski definition) is 4. The second kappa shape index (κ2) is 9.47. The molecule has 146 valence electrons. The highest BCUT2D eigenvalue weighted by Crippen LogP contribution is 2.22. The molecule has 0 amide bonds. The molecule has 0 aromatic heterocycles. The minimum Gasteiger partial charge on any atom is -0.507 e. The van der Waals surface area contributed by atoms with Crippen LogP contribution in [0.2, 0.25) is 0 Å². The number of phenolic OH excluding ortho intramolecular Hbond substituents is 2. The van der Waals surface area contributed by atoms with E-state index in [1.807, 2.05) is 0 Å². The van der Waals surface area contributed by atoms with E-state index in [1.165, 1.54) is 24.3 Å². The first-order valence-electron chi connectivity index (χ1n) is 7.68. The van der Waals surface area contributed by atoms with Crippen LogP contribution in [0.4, 0.5) is 0 Å². The summed E-state index contributed by atoms with van der Waals surface area (Å²) in [5.41, 5.74) is 0.414. The maximum atomic E-state index is 11.6. The normalized spacial score (nSPS) is 13.6. The van der Waals surface area contributed by atoms with Crippen molar-refractivity contribution >= 4 is 56.2 Å². The van der Waals surface area contributed by atoms with E-state index in [9.17, 15) is 30.0 Å². The summed E-state index contributed by atoms with van der Waals surface area (Å²) in [6.07, 6.45) is 2.14. The Balaban J connectivity index is 2.36. The van der Waals surface area contributed by atoms with Crippen LogP contribution in [0, 0.1) is 0 Å². The Morgan fingerprint density at radius 3 is 1.46 bits per heavy atom. The first-order chi connectivity index (χ1) is 13.2. The zero-order valence-electron chi connectivity index (χ0n) is 14.0. The minimum absolute atomic E-state index is 0.148.